The quantitative estimate of drug-likeness (QED) is 0.590. The highest BCUT2D eigenvalue weighted by Gasteiger charge is 2.34. The third kappa shape index (κ3) is 3.65. The number of carbonyl (C=O) groups is 2. The number of hydrogen-bond acceptors (Lipinski definition) is 4. The van der Waals surface area contributed by atoms with Crippen molar-refractivity contribution in [3.05, 3.63) is 59.4 Å². The molecule has 7 heteroatoms. The number of methoxy groups -OCH3 is 1. The maximum atomic E-state index is 12.5. The summed E-state index contributed by atoms with van der Waals surface area (Å²) >= 11 is 0. The number of aliphatic carboxylic acids is 1. The van der Waals surface area contributed by atoms with Crippen LogP contribution in [0, 0.1) is 0 Å². The van der Waals surface area contributed by atoms with Crippen LogP contribution < -0.4 is 4.90 Å². The zero-order valence-electron chi connectivity index (χ0n) is 19.0. The summed E-state index contributed by atoms with van der Waals surface area (Å²) in [4.78, 5) is 31.5. The Morgan fingerprint density at radius 3 is 2.55 bits per heavy atom. The van der Waals surface area contributed by atoms with Gasteiger partial charge < -0.3 is 14.4 Å². The number of imidazole rings is 1. The van der Waals surface area contributed by atoms with Crippen LogP contribution in [-0.2, 0) is 22.4 Å². The third-order valence-electron chi connectivity index (χ3n) is 7.23. The zero-order chi connectivity index (χ0) is 23.1. The molecule has 0 radical (unpaired) electrons. The smallest absolute Gasteiger partial charge is 0.414 e. The number of ether oxygens (including phenoxy) is 1. The van der Waals surface area contributed by atoms with Gasteiger partial charge in [-0.15, -0.1) is 0 Å². The van der Waals surface area contributed by atoms with Gasteiger partial charge in [0.15, 0.2) is 0 Å². The van der Waals surface area contributed by atoms with Crippen molar-refractivity contribution in [2.75, 3.05) is 12.0 Å². The molecule has 1 amide bonds. The van der Waals surface area contributed by atoms with Crippen molar-refractivity contribution in [2.45, 2.75) is 63.5 Å². The van der Waals surface area contributed by atoms with Crippen LogP contribution in [0.3, 0.4) is 0 Å². The van der Waals surface area contributed by atoms with Gasteiger partial charge in [-0.1, -0.05) is 30.3 Å². The van der Waals surface area contributed by atoms with Crippen LogP contribution in [0.2, 0.25) is 0 Å². The predicted octanol–water partition coefficient (Wildman–Crippen LogP) is 5.08. The average molecular weight is 448 g/mol. The van der Waals surface area contributed by atoms with E-state index < -0.39 is 11.9 Å². The molecule has 33 heavy (non-hydrogen) atoms. The minimum atomic E-state index is -0.846. The lowest BCUT2D eigenvalue weighted by atomic mass is 9.91. The molecule has 1 aliphatic heterocycles. The highest BCUT2D eigenvalue weighted by Crippen LogP contribution is 2.41. The molecule has 1 aromatic heterocycles. The van der Waals surface area contributed by atoms with Crippen molar-refractivity contribution < 1.29 is 19.4 Å². The summed E-state index contributed by atoms with van der Waals surface area (Å²) in [6.07, 6.45) is 4.93. The van der Waals surface area contributed by atoms with Gasteiger partial charge in [0.2, 0.25) is 0 Å². The normalized spacial score (nSPS) is 19.1. The molecule has 0 bridgehead atoms. The summed E-state index contributed by atoms with van der Waals surface area (Å²) in [5.74, 6) is -0.701. The molecule has 2 aromatic carbocycles. The second-order valence-corrected chi connectivity index (χ2v) is 9.15. The second-order valence-electron chi connectivity index (χ2n) is 9.15. The summed E-state index contributed by atoms with van der Waals surface area (Å²) in [7, 11) is 1.40. The van der Waals surface area contributed by atoms with E-state index in [0.717, 1.165) is 59.4 Å². The molecule has 1 unspecified atom stereocenters. The minimum Gasteiger partial charge on any atom is -0.481 e. The van der Waals surface area contributed by atoms with E-state index in [-0.39, 0.29) is 12.1 Å². The molecule has 3 aromatic rings. The first-order chi connectivity index (χ1) is 16.0. The SMILES string of the molecule is COC(=O)N1c2ccc3c(nc(CC(C(=O)O)c4ccccc4)n3C3CCC3)c2CC[C@@H]1C. The molecule has 5 rings (SSSR count). The number of rotatable bonds is 5. The molecule has 2 heterocycles. The van der Waals surface area contributed by atoms with E-state index in [1.54, 1.807) is 4.90 Å². The zero-order valence-corrected chi connectivity index (χ0v) is 19.0. The van der Waals surface area contributed by atoms with Crippen LogP contribution >= 0.6 is 0 Å². The second kappa shape index (κ2) is 8.54. The number of aryl methyl sites for hydroxylation is 1. The first kappa shape index (κ1) is 21.5. The minimum absolute atomic E-state index is 0.0464. The van der Waals surface area contributed by atoms with Gasteiger partial charge in [-0.3, -0.25) is 9.69 Å². The van der Waals surface area contributed by atoms with Gasteiger partial charge in [0, 0.05) is 24.1 Å². The number of fused-ring (bicyclic) bond motifs is 3. The van der Waals surface area contributed by atoms with E-state index in [4.69, 9.17) is 9.72 Å². The maximum absolute atomic E-state index is 12.5. The maximum Gasteiger partial charge on any atom is 0.414 e. The van der Waals surface area contributed by atoms with Gasteiger partial charge >= 0.3 is 12.1 Å². The lowest BCUT2D eigenvalue weighted by Crippen LogP contribution is -2.42. The first-order valence-electron chi connectivity index (χ1n) is 11.7. The highest BCUT2D eigenvalue weighted by atomic mass is 16.5. The van der Waals surface area contributed by atoms with Gasteiger partial charge in [-0.25, -0.2) is 9.78 Å². The van der Waals surface area contributed by atoms with E-state index in [1.807, 2.05) is 49.4 Å². The van der Waals surface area contributed by atoms with Crippen LogP contribution in [-0.4, -0.2) is 39.9 Å². The summed E-state index contributed by atoms with van der Waals surface area (Å²) in [5, 5.41) is 10.0. The van der Waals surface area contributed by atoms with Crippen molar-refractivity contribution >= 4 is 28.8 Å². The Kier molecular flexibility index (Phi) is 5.56. The number of amides is 1. The molecule has 1 N–H and O–H groups in total. The number of nitrogens with zero attached hydrogens (tertiary/aromatic N) is 3. The van der Waals surface area contributed by atoms with E-state index in [0.29, 0.717) is 12.5 Å². The number of carboxylic acid groups (broad SMARTS) is 1. The molecular formula is C26H29N3O4. The van der Waals surface area contributed by atoms with Crippen molar-refractivity contribution in [3.63, 3.8) is 0 Å². The van der Waals surface area contributed by atoms with E-state index >= 15 is 0 Å². The van der Waals surface area contributed by atoms with E-state index in [1.165, 1.54) is 13.5 Å². The summed E-state index contributed by atoms with van der Waals surface area (Å²) in [6.45, 7) is 2.03. The van der Waals surface area contributed by atoms with Crippen molar-refractivity contribution in [1.82, 2.24) is 9.55 Å². The Morgan fingerprint density at radius 2 is 1.91 bits per heavy atom. The molecule has 1 fully saturated rings. The Morgan fingerprint density at radius 1 is 1.15 bits per heavy atom. The number of carboxylic acids is 1. The van der Waals surface area contributed by atoms with Gasteiger partial charge in [0.25, 0.3) is 0 Å². The Hall–Kier alpha value is -3.35. The number of aromatic nitrogens is 2. The van der Waals surface area contributed by atoms with Crippen LogP contribution in [0.25, 0.3) is 11.0 Å². The van der Waals surface area contributed by atoms with Crippen molar-refractivity contribution in [2.24, 2.45) is 0 Å². The monoisotopic (exact) mass is 447 g/mol. The Balaban J connectivity index is 1.63. The summed E-state index contributed by atoms with van der Waals surface area (Å²) < 4.78 is 7.31. The predicted molar refractivity (Wildman–Crippen MR) is 126 cm³/mol. The molecule has 172 valence electrons. The number of hydrogen-bond donors (Lipinski definition) is 1. The fraction of sp³-hybridized carbons (Fsp3) is 0.423. The van der Waals surface area contributed by atoms with Gasteiger partial charge in [0.1, 0.15) is 5.82 Å². The number of benzene rings is 2. The lowest BCUT2D eigenvalue weighted by Gasteiger charge is -2.34. The largest absolute Gasteiger partial charge is 0.481 e. The molecule has 2 atom stereocenters. The molecular weight excluding hydrogens is 418 g/mol. The average Bonchev–Trinajstić information content (AvgIpc) is 3.14. The van der Waals surface area contributed by atoms with Gasteiger partial charge in [-0.2, -0.15) is 0 Å². The van der Waals surface area contributed by atoms with Gasteiger partial charge in [0.05, 0.1) is 29.7 Å². The van der Waals surface area contributed by atoms with Crippen LogP contribution in [0.5, 0.6) is 0 Å². The summed E-state index contributed by atoms with van der Waals surface area (Å²) in [6, 6.07) is 13.8. The van der Waals surface area contributed by atoms with Crippen LogP contribution in [0.4, 0.5) is 10.5 Å². The lowest BCUT2D eigenvalue weighted by molar-refractivity contribution is -0.138. The topological polar surface area (TPSA) is 84.7 Å². The molecule has 0 saturated heterocycles. The van der Waals surface area contributed by atoms with Gasteiger partial charge in [-0.05, 0) is 56.7 Å². The fourth-order valence-corrected chi connectivity index (χ4v) is 5.23. The molecule has 7 nitrogen and oxygen atoms in total. The van der Waals surface area contributed by atoms with E-state index in [9.17, 15) is 14.7 Å². The third-order valence-corrected chi connectivity index (χ3v) is 7.23. The standard InChI is InChI=1S/C26H29N3O4/c1-16-11-12-19-21(28(16)26(32)33-2)13-14-22-24(19)27-23(29(22)18-9-6-10-18)15-20(25(30)31)17-7-4-3-5-8-17/h3-5,7-8,13-14,16,18,20H,6,9-12,15H2,1-2H3,(H,30,31)/t16-,20?/m0/s1. The Labute approximate surface area is 193 Å². The van der Waals surface area contributed by atoms with Crippen LogP contribution in [0.15, 0.2) is 42.5 Å². The van der Waals surface area contributed by atoms with Crippen molar-refractivity contribution in [1.29, 1.82) is 0 Å². The Bertz CT molecular complexity index is 1200. The molecule has 2 aliphatic rings. The van der Waals surface area contributed by atoms with E-state index in [2.05, 4.69) is 4.57 Å². The number of carbonyl (C=O) groups excluding carboxylic acids is 1. The molecule has 0 spiro atoms. The number of anilines is 1. The van der Waals surface area contributed by atoms with Crippen molar-refractivity contribution in [3.8, 4) is 0 Å². The summed E-state index contributed by atoms with van der Waals surface area (Å²) in [5.41, 5.74) is 4.58. The molecule has 1 aliphatic carbocycles. The van der Waals surface area contributed by atoms with Crippen LogP contribution in [0.1, 0.15) is 61.5 Å². The fourth-order valence-electron chi connectivity index (χ4n) is 5.23. The first-order valence-corrected chi connectivity index (χ1v) is 11.7. The molecule has 1 saturated carbocycles. The highest BCUT2D eigenvalue weighted by molar-refractivity contribution is 5.95.